The molecule has 1 fully saturated rings. The van der Waals surface area contributed by atoms with Gasteiger partial charge in [-0.05, 0) is 31.5 Å². The van der Waals surface area contributed by atoms with Crippen molar-refractivity contribution in [2.24, 2.45) is 5.92 Å². The Balaban J connectivity index is 1.30. The first-order chi connectivity index (χ1) is 13.3. The molecule has 0 saturated carbocycles. The van der Waals surface area contributed by atoms with Gasteiger partial charge in [-0.3, -0.25) is 4.79 Å². The fourth-order valence-corrected chi connectivity index (χ4v) is 4.06. The highest BCUT2D eigenvalue weighted by Gasteiger charge is 2.25. The summed E-state index contributed by atoms with van der Waals surface area (Å²) in [5.41, 5.74) is 4.70. The predicted molar refractivity (Wildman–Crippen MR) is 108 cm³/mol. The molecule has 6 nitrogen and oxygen atoms in total. The Labute approximate surface area is 162 Å². The zero-order chi connectivity index (χ0) is 18.5. The first-order valence-electron chi connectivity index (χ1n) is 9.28. The number of aromatic nitrogens is 3. The molecule has 3 aromatic rings. The van der Waals surface area contributed by atoms with Gasteiger partial charge in [0.2, 0.25) is 5.91 Å². The second-order valence-electron chi connectivity index (χ2n) is 6.87. The molecule has 1 aliphatic rings. The van der Waals surface area contributed by atoms with Crippen molar-refractivity contribution in [1.29, 1.82) is 0 Å². The van der Waals surface area contributed by atoms with E-state index in [1.807, 2.05) is 41.4 Å². The topological polar surface area (TPSA) is 73.9 Å². The first-order valence-corrected chi connectivity index (χ1v) is 10.2. The van der Waals surface area contributed by atoms with Crippen molar-refractivity contribution in [3.8, 4) is 11.3 Å². The SMILES string of the molecule is O=C(Nc1ccc(-c2cscn2)cc1)[C@@H]1CCCN(CCc2ncc[nH]2)C1. The van der Waals surface area contributed by atoms with Gasteiger partial charge in [0.05, 0.1) is 17.1 Å². The average Bonchev–Trinajstić information content (AvgIpc) is 3.41. The summed E-state index contributed by atoms with van der Waals surface area (Å²) >= 11 is 1.58. The van der Waals surface area contributed by atoms with Gasteiger partial charge in [-0.15, -0.1) is 11.3 Å². The maximum absolute atomic E-state index is 12.7. The number of anilines is 1. The van der Waals surface area contributed by atoms with Crippen molar-refractivity contribution in [3.63, 3.8) is 0 Å². The lowest BCUT2D eigenvalue weighted by atomic mass is 9.97. The fraction of sp³-hybridized carbons (Fsp3) is 0.350. The highest BCUT2D eigenvalue weighted by Crippen LogP contribution is 2.23. The number of rotatable bonds is 6. The van der Waals surface area contributed by atoms with Gasteiger partial charge in [0.1, 0.15) is 5.82 Å². The number of thiazole rings is 1. The second kappa shape index (κ2) is 8.45. The monoisotopic (exact) mass is 381 g/mol. The molecule has 7 heteroatoms. The molecular formula is C20H23N5OS. The van der Waals surface area contributed by atoms with Gasteiger partial charge in [0.25, 0.3) is 0 Å². The summed E-state index contributed by atoms with van der Waals surface area (Å²) in [6, 6.07) is 7.90. The number of imidazole rings is 1. The number of H-pyrrole nitrogens is 1. The van der Waals surface area contributed by atoms with Crippen molar-refractivity contribution in [1.82, 2.24) is 19.9 Å². The Kier molecular flexibility index (Phi) is 5.60. The van der Waals surface area contributed by atoms with Crippen molar-refractivity contribution in [2.75, 3.05) is 25.0 Å². The van der Waals surface area contributed by atoms with Gasteiger partial charge >= 0.3 is 0 Å². The van der Waals surface area contributed by atoms with Gasteiger partial charge in [0, 0.05) is 48.5 Å². The molecule has 27 heavy (non-hydrogen) atoms. The van der Waals surface area contributed by atoms with Crippen molar-refractivity contribution in [2.45, 2.75) is 19.3 Å². The van der Waals surface area contributed by atoms with Gasteiger partial charge in [-0.2, -0.15) is 0 Å². The molecule has 0 unspecified atom stereocenters. The van der Waals surface area contributed by atoms with Crippen LogP contribution >= 0.6 is 11.3 Å². The Morgan fingerprint density at radius 2 is 2.19 bits per heavy atom. The van der Waals surface area contributed by atoms with Crippen LogP contribution in [0.25, 0.3) is 11.3 Å². The molecular weight excluding hydrogens is 358 g/mol. The summed E-state index contributed by atoms with van der Waals surface area (Å²) in [5.74, 6) is 1.15. The van der Waals surface area contributed by atoms with E-state index in [2.05, 4.69) is 25.2 Å². The minimum Gasteiger partial charge on any atom is -0.349 e. The number of nitrogens with zero attached hydrogens (tertiary/aromatic N) is 3. The third-order valence-electron chi connectivity index (χ3n) is 4.98. The number of nitrogens with one attached hydrogen (secondary N) is 2. The van der Waals surface area contributed by atoms with Gasteiger partial charge in [-0.25, -0.2) is 9.97 Å². The second-order valence-corrected chi connectivity index (χ2v) is 7.58. The molecule has 1 aromatic carbocycles. The molecule has 1 amide bonds. The van der Waals surface area contributed by atoms with Crippen molar-refractivity contribution < 1.29 is 4.79 Å². The lowest BCUT2D eigenvalue weighted by Gasteiger charge is -2.31. The van der Waals surface area contributed by atoms with E-state index in [9.17, 15) is 4.79 Å². The van der Waals surface area contributed by atoms with Crippen LogP contribution in [0.5, 0.6) is 0 Å². The maximum Gasteiger partial charge on any atom is 0.228 e. The van der Waals surface area contributed by atoms with Crippen LogP contribution in [0.4, 0.5) is 5.69 Å². The minimum atomic E-state index is 0.0357. The molecule has 3 heterocycles. The molecule has 1 saturated heterocycles. The molecule has 0 radical (unpaired) electrons. The number of hydrogen-bond donors (Lipinski definition) is 2. The van der Waals surface area contributed by atoms with Crippen LogP contribution in [0, 0.1) is 5.92 Å². The van der Waals surface area contributed by atoms with E-state index in [-0.39, 0.29) is 11.8 Å². The van der Waals surface area contributed by atoms with Crippen molar-refractivity contribution >= 4 is 22.9 Å². The molecule has 140 valence electrons. The van der Waals surface area contributed by atoms with E-state index in [0.29, 0.717) is 0 Å². The van der Waals surface area contributed by atoms with Gasteiger partial charge < -0.3 is 15.2 Å². The molecule has 1 atom stereocenters. The van der Waals surface area contributed by atoms with Crippen LogP contribution < -0.4 is 5.32 Å². The first kappa shape index (κ1) is 17.9. The zero-order valence-corrected chi connectivity index (χ0v) is 15.9. The number of aromatic amines is 1. The van der Waals surface area contributed by atoms with Gasteiger partial charge in [0.15, 0.2) is 0 Å². The van der Waals surface area contributed by atoms with E-state index in [1.54, 1.807) is 17.5 Å². The summed E-state index contributed by atoms with van der Waals surface area (Å²) < 4.78 is 0. The van der Waals surface area contributed by atoms with E-state index < -0.39 is 0 Å². The molecule has 2 N–H and O–H groups in total. The lowest BCUT2D eigenvalue weighted by molar-refractivity contribution is -0.121. The third-order valence-corrected chi connectivity index (χ3v) is 5.56. The van der Waals surface area contributed by atoms with Crippen molar-refractivity contribution in [3.05, 3.63) is 53.4 Å². The fourth-order valence-electron chi connectivity index (χ4n) is 3.50. The molecule has 1 aliphatic heterocycles. The van der Waals surface area contributed by atoms with Crippen LogP contribution in [-0.2, 0) is 11.2 Å². The predicted octanol–water partition coefficient (Wildman–Crippen LogP) is 3.43. The van der Waals surface area contributed by atoms with Crippen LogP contribution in [0.15, 0.2) is 47.5 Å². The van der Waals surface area contributed by atoms with Crippen LogP contribution in [-0.4, -0.2) is 45.4 Å². The zero-order valence-electron chi connectivity index (χ0n) is 15.1. The molecule has 2 aromatic heterocycles. The van der Waals surface area contributed by atoms with Crippen LogP contribution in [0.3, 0.4) is 0 Å². The number of hydrogen-bond acceptors (Lipinski definition) is 5. The van der Waals surface area contributed by atoms with Gasteiger partial charge in [-0.1, -0.05) is 12.1 Å². The largest absolute Gasteiger partial charge is 0.349 e. The highest BCUT2D eigenvalue weighted by molar-refractivity contribution is 7.07. The summed E-state index contributed by atoms with van der Waals surface area (Å²) in [4.78, 5) is 26.8. The number of carbonyl (C=O) groups excluding carboxylic acids is 1. The van der Waals surface area contributed by atoms with Crippen LogP contribution in [0.1, 0.15) is 18.7 Å². The number of piperidine rings is 1. The third kappa shape index (κ3) is 4.61. The maximum atomic E-state index is 12.7. The summed E-state index contributed by atoms with van der Waals surface area (Å²) in [5, 5.41) is 5.09. The number of carbonyl (C=O) groups is 1. The average molecular weight is 382 g/mol. The molecule has 0 spiro atoms. The highest BCUT2D eigenvalue weighted by atomic mass is 32.1. The molecule has 0 aliphatic carbocycles. The van der Waals surface area contributed by atoms with E-state index in [4.69, 9.17) is 0 Å². The van der Waals surface area contributed by atoms with Crippen LogP contribution in [0.2, 0.25) is 0 Å². The summed E-state index contributed by atoms with van der Waals surface area (Å²) in [6.07, 6.45) is 6.52. The summed E-state index contributed by atoms with van der Waals surface area (Å²) in [6.45, 7) is 2.79. The molecule has 0 bridgehead atoms. The quantitative estimate of drug-likeness (QED) is 0.686. The normalized spacial score (nSPS) is 17.7. The Hall–Kier alpha value is -2.51. The number of likely N-dealkylation sites (tertiary alicyclic amines) is 1. The number of benzene rings is 1. The molecule has 4 rings (SSSR count). The number of amides is 1. The van der Waals surface area contributed by atoms with E-state index >= 15 is 0 Å². The minimum absolute atomic E-state index is 0.0357. The van der Waals surface area contributed by atoms with E-state index in [1.165, 1.54) is 0 Å². The summed E-state index contributed by atoms with van der Waals surface area (Å²) in [7, 11) is 0. The Morgan fingerprint density at radius 1 is 1.30 bits per heavy atom. The van der Waals surface area contributed by atoms with E-state index in [0.717, 1.165) is 61.7 Å². The standard InChI is InChI=1S/C20H23N5OS/c26-20(24-17-5-3-15(4-6-17)18-13-27-14-23-18)16-2-1-10-25(12-16)11-7-19-21-8-9-22-19/h3-6,8-9,13-14,16H,1-2,7,10-12H2,(H,21,22)(H,24,26)/t16-/m1/s1. The Bertz CT molecular complexity index is 845. The Morgan fingerprint density at radius 3 is 2.93 bits per heavy atom. The lowest BCUT2D eigenvalue weighted by Crippen LogP contribution is -2.41. The smallest absolute Gasteiger partial charge is 0.228 e.